The first-order valence-electron chi connectivity index (χ1n) is 8.75. The van der Waals surface area contributed by atoms with E-state index in [0.29, 0.717) is 13.0 Å². The van der Waals surface area contributed by atoms with E-state index in [1.165, 1.54) is 0 Å². The number of likely N-dealkylation sites (tertiary alicyclic amines) is 1. The van der Waals surface area contributed by atoms with Gasteiger partial charge in [-0.3, -0.25) is 14.4 Å². The van der Waals surface area contributed by atoms with Crippen LogP contribution in [0.2, 0.25) is 0 Å². The van der Waals surface area contributed by atoms with Crippen molar-refractivity contribution in [1.82, 2.24) is 4.90 Å². The van der Waals surface area contributed by atoms with E-state index < -0.39 is 11.9 Å². The second-order valence-corrected chi connectivity index (χ2v) is 7.41. The van der Waals surface area contributed by atoms with Gasteiger partial charge in [-0.1, -0.05) is 12.1 Å². The van der Waals surface area contributed by atoms with Gasteiger partial charge in [-0.15, -0.1) is 11.8 Å². The van der Waals surface area contributed by atoms with Gasteiger partial charge in [0.15, 0.2) is 13.1 Å². The summed E-state index contributed by atoms with van der Waals surface area (Å²) in [5, 5.41) is 2.89. The van der Waals surface area contributed by atoms with Gasteiger partial charge in [-0.05, 0) is 37.7 Å². The van der Waals surface area contributed by atoms with Crippen LogP contribution in [-0.4, -0.2) is 61.6 Å². The van der Waals surface area contributed by atoms with Gasteiger partial charge in [0, 0.05) is 11.4 Å². The molecule has 26 heavy (non-hydrogen) atoms. The van der Waals surface area contributed by atoms with Crippen molar-refractivity contribution in [3.05, 3.63) is 24.3 Å². The van der Waals surface area contributed by atoms with Crippen molar-refractivity contribution in [1.29, 1.82) is 0 Å². The maximum atomic E-state index is 12.5. The minimum Gasteiger partial charge on any atom is -0.368 e. The Morgan fingerprint density at radius 3 is 2.69 bits per heavy atom. The highest BCUT2D eigenvalue weighted by molar-refractivity contribution is 7.98. The molecule has 1 unspecified atom stereocenters. The summed E-state index contributed by atoms with van der Waals surface area (Å²) < 4.78 is 0. The molecule has 0 aromatic heterocycles. The Bertz CT molecular complexity index is 668. The molecule has 0 spiro atoms. The molecule has 8 heteroatoms. The number of hydrogen-bond acceptors (Lipinski definition) is 4. The first kappa shape index (κ1) is 20.3. The molecule has 2 rings (SSSR count). The highest BCUT2D eigenvalue weighted by atomic mass is 32.2. The quantitative estimate of drug-likeness (QED) is 0.568. The molecule has 0 aliphatic carbocycles. The van der Waals surface area contributed by atoms with E-state index in [4.69, 9.17) is 5.73 Å². The predicted molar refractivity (Wildman–Crippen MR) is 102 cm³/mol. The van der Waals surface area contributed by atoms with Crippen LogP contribution in [0.4, 0.5) is 5.69 Å². The average Bonchev–Trinajstić information content (AvgIpc) is 2.61. The number of anilines is 1. The van der Waals surface area contributed by atoms with Gasteiger partial charge in [0.1, 0.15) is 6.04 Å². The number of carbonyl (C=O) groups is 3. The molecule has 3 amide bonds. The maximum Gasteiger partial charge on any atom is 0.279 e. The van der Waals surface area contributed by atoms with Crippen molar-refractivity contribution >= 4 is 35.2 Å². The zero-order valence-corrected chi connectivity index (χ0v) is 16.1. The normalized spacial score (nSPS) is 18.2. The molecular formula is C18H27N4O3S+. The zero-order valence-electron chi connectivity index (χ0n) is 15.3. The average molecular weight is 380 g/mol. The van der Waals surface area contributed by atoms with Gasteiger partial charge in [0.05, 0.1) is 12.7 Å². The third-order valence-corrected chi connectivity index (χ3v) is 5.24. The molecule has 1 aliphatic rings. The van der Waals surface area contributed by atoms with E-state index in [2.05, 4.69) is 5.32 Å². The molecule has 1 aromatic rings. The van der Waals surface area contributed by atoms with Crippen molar-refractivity contribution in [2.45, 2.75) is 30.2 Å². The lowest BCUT2D eigenvalue weighted by molar-refractivity contribution is -0.862. The number of thioether (sulfide) groups is 1. The van der Waals surface area contributed by atoms with Crippen LogP contribution in [0.3, 0.4) is 0 Å². The fourth-order valence-electron chi connectivity index (χ4n) is 3.16. The summed E-state index contributed by atoms with van der Waals surface area (Å²) in [6.07, 6.45) is 4.35. The second kappa shape index (κ2) is 9.59. The molecular weight excluding hydrogens is 352 g/mol. The predicted octanol–water partition coefficient (Wildman–Crippen LogP) is -0.272. The molecule has 0 radical (unpaired) electrons. The Morgan fingerprint density at radius 2 is 2.00 bits per heavy atom. The van der Waals surface area contributed by atoms with Crippen molar-refractivity contribution < 1.29 is 19.3 Å². The van der Waals surface area contributed by atoms with Crippen LogP contribution in [0.5, 0.6) is 0 Å². The summed E-state index contributed by atoms with van der Waals surface area (Å²) in [7, 11) is 1.79. The minimum absolute atomic E-state index is 0.136. The lowest BCUT2D eigenvalue weighted by Crippen LogP contribution is -3.11. The number of rotatable bonds is 7. The fraction of sp³-hybridized carbons (Fsp3) is 0.500. The Morgan fingerprint density at radius 1 is 1.27 bits per heavy atom. The number of amides is 3. The van der Waals surface area contributed by atoms with Crippen LogP contribution in [-0.2, 0) is 14.4 Å². The highest BCUT2D eigenvalue weighted by Crippen LogP contribution is 2.24. The van der Waals surface area contributed by atoms with E-state index in [1.54, 1.807) is 23.7 Å². The lowest BCUT2D eigenvalue weighted by Gasteiger charge is -2.33. The SMILES string of the molecule is CSc1ccccc1NC(=O)C[NH+](C)CC(=O)N1CCCC[C@H]1C(N)=O. The number of carbonyl (C=O) groups excluding carboxylic acids is 3. The van der Waals surface area contributed by atoms with Crippen molar-refractivity contribution in [2.24, 2.45) is 5.73 Å². The highest BCUT2D eigenvalue weighted by Gasteiger charge is 2.32. The van der Waals surface area contributed by atoms with Gasteiger partial charge in [-0.2, -0.15) is 0 Å². The van der Waals surface area contributed by atoms with Gasteiger partial charge < -0.3 is 20.9 Å². The first-order valence-corrected chi connectivity index (χ1v) is 9.97. The number of benzene rings is 1. The van der Waals surface area contributed by atoms with Crippen molar-refractivity contribution in [2.75, 3.05) is 38.3 Å². The largest absolute Gasteiger partial charge is 0.368 e. The summed E-state index contributed by atoms with van der Waals surface area (Å²) in [6.45, 7) is 0.873. The number of likely N-dealkylation sites (N-methyl/N-ethyl adjacent to an activating group) is 1. The summed E-state index contributed by atoms with van der Waals surface area (Å²) in [5.41, 5.74) is 6.19. The van der Waals surface area contributed by atoms with Gasteiger partial charge in [0.2, 0.25) is 5.91 Å². The molecule has 1 aliphatic heterocycles. The number of quaternary nitrogens is 1. The van der Waals surface area contributed by atoms with Crippen LogP contribution in [0.25, 0.3) is 0 Å². The number of hydrogen-bond donors (Lipinski definition) is 3. The van der Waals surface area contributed by atoms with Crippen LogP contribution in [0.15, 0.2) is 29.2 Å². The molecule has 1 saturated heterocycles. The topological polar surface area (TPSA) is 96.9 Å². The van der Waals surface area contributed by atoms with Gasteiger partial charge in [0.25, 0.3) is 11.8 Å². The van der Waals surface area contributed by atoms with Crippen LogP contribution in [0, 0.1) is 0 Å². The molecule has 1 fully saturated rings. The van der Waals surface area contributed by atoms with E-state index in [9.17, 15) is 14.4 Å². The van der Waals surface area contributed by atoms with E-state index in [-0.39, 0.29) is 24.9 Å². The molecule has 4 N–H and O–H groups in total. The summed E-state index contributed by atoms with van der Waals surface area (Å²) >= 11 is 1.56. The molecule has 0 bridgehead atoms. The molecule has 7 nitrogen and oxygen atoms in total. The molecule has 1 aromatic carbocycles. The Labute approximate surface area is 158 Å². The second-order valence-electron chi connectivity index (χ2n) is 6.56. The van der Waals surface area contributed by atoms with Crippen LogP contribution < -0.4 is 16.0 Å². The Balaban J connectivity index is 1.88. The van der Waals surface area contributed by atoms with Gasteiger partial charge >= 0.3 is 0 Å². The number of nitrogens with two attached hydrogens (primary N) is 1. The molecule has 2 atom stereocenters. The van der Waals surface area contributed by atoms with Crippen LogP contribution >= 0.6 is 11.8 Å². The summed E-state index contributed by atoms with van der Waals surface area (Å²) in [5.74, 6) is -0.743. The number of primary amides is 1. The third kappa shape index (κ3) is 5.47. The van der Waals surface area contributed by atoms with E-state index >= 15 is 0 Å². The van der Waals surface area contributed by atoms with Crippen molar-refractivity contribution in [3.63, 3.8) is 0 Å². The molecule has 1 heterocycles. The monoisotopic (exact) mass is 379 g/mol. The lowest BCUT2D eigenvalue weighted by atomic mass is 10.0. The third-order valence-electron chi connectivity index (χ3n) is 4.45. The molecule has 0 saturated carbocycles. The fourth-order valence-corrected chi connectivity index (χ4v) is 3.72. The number of nitrogens with zero attached hydrogens (tertiary/aromatic N) is 1. The van der Waals surface area contributed by atoms with E-state index in [1.807, 2.05) is 30.5 Å². The molecule has 142 valence electrons. The van der Waals surface area contributed by atoms with E-state index in [0.717, 1.165) is 28.3 Å². The first-order chi connectivity index (χ1) is 12.4. The summed E-state index contributed by atoms with van der Waals surface area (Å²) in [4.78, 5) is 39.7. The Kier molecular flexibility index (Phi) is 7.47. The number of para-hydroxylation sites is 1. The Hall–Kier alpha value is -2.06. The zero-order chi connectivity index (χ0) is 19.1. The smallest absolute Gasteiger partial charge is 0.279 e. The van der Waals surface area contributed by atoms with Gasteiger partial charge in [-0.25, -0.2) is 0 Å². The summed E-state index contributed by atoms with van der Waals surface area (Å²) in [6, 6.07) is 7.07. The number of piperidine rings is 1. The standard InChI is InChI=1S/C18H26N4O3S/c1-21(11-16(23)20-13-7-3-4-9-15(13)26-2)12-17(24)22-10-6-5-8-14(22)18(19)25/h3-4,7,9,14H,5-6,8,10-12H2,1-2H3,(H2,19,25)(H,20,23)/p+1/t14-/m0/s1. The number of nitrogens with one attached hydrogen (secondary N) is 2. The van der Waals surface area contributed by atoms with Crippen LogP contribution in [0.1, 0.15) is 19.3 Å². The minimum atomic E-state index is -0.522. The maximum absolute atomic E-state index is 12.5. The van der Waals surface area contributed by atoms with Crippen molar-refractivity contribution in [3.8, 4) is 0 Å².